The highest BCUT2D eigenvalue weighted by Crippen LogP contribution is 2.19. The molecule has 0 radical (unpaired) electrons. The number of rotatable bonds is 3. The Labute approximate surface area is 79.4 Å². The van der Waals surface area contributed by atoms with Crippen LogP contribution in [0.15, 0.2) is 0 Å². The lowest BCUT2D eigenvalue weighted by atomic mass is 10.1. The van der Waals surface area contributed by atoms with Gasteiger partial charge >= 0.3 is 0 Å². The summed E-state index contributed by atoms with van der Waals surface area (Å²) in [6.45, 7) is 6.51. The number of hydrogen-bond acceptors (Lipinski definition) is 2. The largest absolute Gasteiger partial charge is 0.396 e. The number of nitrogens with zero attached hydrogens (tertiary/aromatic N) is 2. The quantitative estimate of drug-likeness (QED) is 0.767. The molecule has 3 heteroatoms. The molecule has 0 aliphatic heterocycles. The SMILES string of the molecule is Cc1nc(CCO)n(C)c1C(C)C. The highest BCUT2D eigenvalue weighted by molar-refractivity contribution is 5.19. The molecule has 0 aliphatic rings. The van der Waals surface area contributed by atoms with Gasteiger partial charge in [-0.05, 0) is 12.8 Å². The molecule has 0 unspecified atom stereocenters. The fraction of sp³-hybridized carbons (Fsp3) is 0.700. The number of hydrogen-bond donors (Lipinski definition) is 1. The molecule has 0 amide bonds. The molecular formula is C10H18N2O. The van der Waals surface area contributed by atoms with Crippen molar-refractivity contribution in [2.75, 3.05) is 6.61 Å². The van der Waals surface area contributed by atoms with Gasteiger partial charge in [0.15, 0.2) is 0 Å². The van der Waals surface area contributed by atoms with Crippen LogP contribution in [-0.4, -0.2) is 21.3 Å². The van der Waals surface area contributed by atoms with Crippen molar-refractivity contribution < 1.29 is 5.11 Å². The molecule has 1 aromatic rings. The summed E-state index contributed by atoms with van der Waals surface area (Å²) < 4.78 is 2.09. The topological polar surface area (TPSA) is 38.1 Å². The van der Waals surface area contributed by atoms with E-state index in [9.17, 15) is 0 Å². The van der Waals surface area contributed by atoms with Crippen molar-refractivity contribution >= 4 is 0 Å². The minimum Gasteiger partial charge on any atom is -0.396 e. The predicted octanol–water partition coefficient (Wildman–Crippen LogP) is 1.39. The molecule has 13 heavy (non-hydrogen) atoms. The predicted molar refractivity (Wildman–Crippen MR) is 52.8 cm³/mol. The van der Waals surface area contributed by atoms with Crippen molar-refractivity contribution in [3.05, 3.63) is 17.2 Å². The number of imidazole rings is 1. The lowest BCUT2D eigenvalue weighted by Gasteiger charge is -2.08. The normalized spacial score (nSPS) is 11.2. The minimum absolute atomic E-state index is 0.168. The first-order valence-electron chi connectivity index (χ1n) is 4.70. The molecule has 0 atom stereocenters. The van der Waals surface area contributed by atoms with Crippen LogP contribution in [0, 0.1) is 6.92 Å². The average molecular weight is 182 g/mol. The Balaban J connectivity index is 3.07. The summed E-state index contributed by atoms with van der Waals surface area (Å²) in [4.78, 5) is 4.42. The highest BCUT2D eigenvalue weighted by Gasteiger charge is 2.13. The van der Waals surface area contributed by atoms with Gasteiger partial charge in [-0.2, -0.15) is 0 Å². The molecule has 0 saturated carbocycles. The number of aliphatic hydroxyl groups is 1. The van der Waals surface area contributed by atoms with Crippen LogP contribution in [0.5, 0.6) is 0 Å². The summed E-state index contributed by atoms with van der Waals surface area (Å²) in [5.41, 5.74) is 2.35. The van der Waals surface area contributed by atoms with E-state index in [-0.39, 0.29) is 6.61 Å². The molecule has 74 valence electrons. The number of aliphatic hydroxyl groups excluding tert-OH is 1. The first-order valence-corrected chi connectivity index (χ1v) is 4.70. The van der Waals surface area contributed by atoms with Crippen molar-refractivity contribution in [2.24, 2.45) is 7.05 Å². The van der Waals surface area contributed by atoms with Crippen LogP contribution < -0.4 is 0 Å². The van der Waals surface area contributed by atoms with Gasteiger partial charge in [0.25, 0.3) is 0 Å². The standard InChI is InChI=1S/C10H18N2O/c1-7(2)10-8(3)11-9(5-6-13)12(10)4/h7,13H,5-6H2,1-4H3. The molecular weight excluding hydrogens is 164 g/mol. The highest BCUT2D eigenvalue weighted by atomic mass is 16.3. The van der Waals surface area contributed by atoms with Gasteiger partial charge in [-0.25, -0.2) is 4.98 Å². The van der Waals surface area contributed by atoms with Crippen molar-refractivity contribution in [2.45, 2.75) is 33.1 Å². The van der Waals surface area contributed by atoms with Gasteiger partial charge in [-0.1, -0.05) is 13.8 Å². The van der Waals surface area contributed by atoms with Crippen LogP contribution in [0.25, 0.3) is 0 Å². The first-order chi connectivity index (χ1) is 6.07. The van der Waals surface area contributed by atoms with Crippen LogP contribution >= 0.6 is 0 Å². The minimum atomic E-state index is 0.168. The Morgan fingerprint density at radius 2 is 2.08 bits per heavy atom. The van der Waals surface area contributed by atoms with Crippen LogP contribution in [0.4, 0.5) is 0 Å². The van der Waals surface area contributed by atoms with Gasteiger partial charge in [0, 0.05) is 19.2 Å². The second-order valence-corrected chi connectivity index (χ2v) is 3.69. The summed E-state index contributed by atoms with van der Waals surface area (Å²) in [6.07, 6.45) is 0.643. The van der Waals surface area contributed by atoms with E-state index in [0.717, 1.165) is 11.5 Å². The molecule has 0 bridgehead atoms. The van der Waals surface area contributed by atoms with Gasteiger partial charge in [-0.3, -0.25) is 0 Å². The van der Waals surface area contributed by atoms with Gasteiger partial charge < -0.3 is 9.67 Å². The van der Waals surface area contributed by atoms with E-state index < -0.39 is 0 Å². The second kappa shape index (κ2) is 3.92. The van der Waals surface area contributed by atoms with Crippen LogP contribution in [0.3, 0.4) is 0 Å². The second-order valence-electron chi connectivity index (χ2n) is 3.69. The zero-order chi connectivity index (χ0) is 10.0. The molecule has 1 rings (SSSR count). The van der Waals surface area contributed by atoms with Crippen molar-refractivity contribution in [1.82, 2.24) is 9.55 Å². The Morgan fingerprint density at radius 3 is 2.46 bits per heavy atom. The molecule has 1 aromatic heterocycles. The lowest BCUT2D eigenvalue weighted by molar-refractivity contribution is 0.295. The van der Waals surface area contributed by atoms with E-state index >= 15 is 0 Å². The maximum atomic E-state index is 8.83. The third kappa shape index (κ3) is 1.91. The van der Waals surface area contributed by atoms with Crippen LogP contribution in [-0.2, 0) is 13.5 Å². The van der Waals surface area contributed by atoms with Crippen LogP contribution in [0.1, 0.15) is 37.0 Å². The molecule has 0 saturated heterocycles. The molecule has 1 heterocycles. The molecule has 0 aliphatic carbocycles. The fourth-order valence-corrected chi connectivity index (χ4v) is 1.84. The van der Waals surface area contributed by atoms with Gasteiger partial charge in [0.1, 0.15) is 5.82 Å². The van der Waals surface area contributed by atoms with E-state index in [2.05, 4.69) is 23.4 Å². The van der Waals surface area contributed by atoms with E-state index in [1.165, 1.54) is 5.69 Å². The number of aryl methyl sites for hydroxylation is 1. The third-order valence-corrected chi connectivity index (χ3v) is 2.30. The molecule has 1 N–H and O–H groups in total. The van der Waals surface area contributed by atoms with E-state index in [0.29, 0.717) is 12.3 Å². The molecule has 0 aromatic carbocycles. The zero-order valence-electron chi connectivity index (χ0n) is 8.83. The van der Waals surface area contributed by atoms with E-state index in [4.69, 9.17) is 5.11 Å². The van der Waals surface area contributed by atoms with Gasteiger partial charge in [0.05, 0.1) is 12.3 Å². The number of aromatic nitrogens is 2. The van der Waals surface area contributed by atoms with Crippen molar-refractivity contribution in [3.63, 3.8) is 0 Å². The average Bonchev–Trinajstić information content (AvgIpc) is 2.28. The monoisotopic (exact) mass is 182 g/mol. The fourth-order valence-electron chi connectivity index (χ4n) is 1.84. The smallest absolute Gasteiger partial charge is 0.111 e. The maximum Gasteiger partial charge on any atom is 0.111 e. The third-order valence-electron chi connectivity index (χ3n) is 2.30. The molecule has 0 spiro atoms. The summed E-state index contributed by atoms with van der Waals surface area (Å²) in [6, 6.07) is 0. The molecule has 3 nitrogen and oxygen atoms in total. The van der Waals surface area contributed by atoms with Crippen LogP contribution in [0.2, 0.25) is 0 Å². The summed E-state index contributed by atoms with van der Waals surface area (Å²) >= 11 is 0. The maximum absolute atomic E-state index is 8.83. The molecule has 0 fully saturated rings. The summed E-state index contributed by atoms with van der Waals surface area (Å²) in [5.74, 6) is 1.47. The Hall–Kier alpha value is -0.830. The van der Waals surface area contributed by atoms with E-state index in [1.54, 1.807) is 0 Å². The van der Waals surface area contributed by atoms with Gasteiger partial charge in [-0.15, -0.1) is 0 Å². The Bertz CT molecular complexity index is 289. The first kappa shape index (κ1) is 10.3. The van der Waals surface area contributed by atoms with Crippen molar-refractivity contribution in [3.8, 4) is 0 Å². The zero-order valence-corrected chi connectivity index (χ0v) is 8.83. The summed E-state index contributed by atoms with van der Waals surface area (Å²) in [7, 11) is 2.01. The Morgan fingerprint density at radius 1 is 1.46 bits per heavy atom. The Kier molecular flexibility index (Phi) is 3.09. The summed E-state index contributed by atoms with van der Waals surface area (Å²) in [5, 5.41) is 8.83. The lowest BCUT2D eigenvalue weighted by Crippen LogP contribution is -2.05. The van der Waals surface area contributed by atoms with Crippen molar-refractivity contribution in [1.29, 1.82) is 0 Å². The van der Waals surface area contributed by atoms with Gasteiger partial charge in [0.2, 0.25) is 0 Å². The van der Waals surface area contributed by atoms with E-state index in [1.807, 2.05) is 14.0 Å².